The quantitative estimate of drug-likeness (QED) is 0.830. The smallest absolute Gasteiger partial charge is 0.355 e. The van der Waals surface area contributed by atoms with Crippen molar-refractivity contribution in [1.29, 1.82) is 0 Å². The summed E-state index contributed by atoms with van der Waals surface area (Å²) in [5, 5.41) is 2.68. The van der Waals surface area contributed by atoms with Crippen LogP contribution in [0.25, 0.3) is 0 Å². The first-order chi connectivity index (χ1) is 10.1. The van der Waals surface area contributed by atoms with Gasteiger partial charge in [0.15, 0.2) is 6.61 Å². The minimum Gasteiger partial charge on any atom is -0.451 e. The summed E-state index contributed by atoms with van der Waals surface area (Å²) in [5.74, 6) is -0.478. The van der Waals surface area contributed by atoms with E-state index in [2.05, 4.69) is 24.1 Å². The van der Waals surface area contributed by atoms with E-state index in [-0.39, 0.29) is 12.5 Å². The number of aromatic nitrogens is 1. The van der Waals surface area contributed by atoms with Crippen molar-refractivity contribution >= 4 is 17.6 Å². The van der Waals surface area contributed by atoms with Crippen LogP contribution in [0.2, 0.25) is 0 Å². The molecule has 2 aromatic rings. The normalized spacial score (nSPS) is 10.4. The summed E-state index contributed by atoms with van der Waals surface area (Å²) in [6.45, 7) is 3.89. The minimum absolute atomic E-state index is 0.316. The standard InChI is InChI=1S/C16H18N2O3/c1-11(2)12-5-7-13(8-6-12)18-15(19)10-21-16(20)14-4-3-9-17-14/h3-9,11,17H,10H2,1-2H3,(H,18,19). The van der Waals surface area contributed by atoms with Crippen molar-refractivity contribution in [1.82, 2.24) is 4.98 Å². The second-order valence-corrected chi connectivity index (χ2v) is 4.98. The molecule has 0 atom stereocenters. The number of anilines is 1. The maximum Gasteiger partial charge on any atom is 0.355 e. The zero-order chi connectivity index (χ0) is 15.2. The summed E-state index contributed by atoms with van der Waals surface area (Å²) in [6.07, 6.45) is 1.62. The number of ether oxygens (including phenoxy) is 1. The van der Waals surface area contributed by atoms with Crippen LogP contribution in [0.3, 0.4) is 0 Å². The molecule has 2 N–H and O–H groups in total. The highest BCUT2D eigenvalue weighted by atomic mass is 16.5. The molecule has 0 aliphatic heterocycles. The first kappa shape index (κ1) is 14.8. The molecule has 1 aromatic carbocycles. The van der Waals surface area contributed by atoms with Gasteiger partial charge in [0.1, 0.15) is 5.69 Å². The third-order valence-corrected chi connectivity index (χ3v) is 3.01. The number of nitrogens with one attached hydrogen (secondary N) is 2. The van der Waals surface area contributed by atoms with Crippen LogP contribution in [0.15, 0.2) is 42.6 Å². The fourth-order valence-electron chi connectivity index (χ4n) is 1.81. The lowest BCUT2D eigenvalue weighted by Crippen LogP contribution is -2.21. The second-order valence-electron chi connectivity index (χ2n) is 4.98. The first-order valence-electron chi connectivity index (χ1n) is 6.76. The van der Waals surface area contributed by atoms with E-state index in [1.807, 2.05) is 24.3 Å². The molecule has 5 heteroatoms. The van der Waals surface area contributed by atoms with Gasteiger partial charge in [-0.25, -0.2) is 4.79 Å². The number of carbonyl (C=O) groups excluding carboxylic acids is 2. The summed E-state index contributed by atoms with van der Waals surface area (Å²) >= 11 is 0. The van der Waals surface area contributed by atoms with Gasteiger partial charge in [0.2, 0.25) is 0 Å². The van der Waals surface area contributed by atoms with E-state index in [1.54, 1.807) is 18.3 Å². The summed E-state index contributed by atoms with van der Waals surface area (Å²) < 4.78 is 4.90. The van der Waals surface area contributed by atoms with Crippen LogP contribution in [0.4, 0.5) is 5.69 Å². The Morgan fingerprint density at radius 2 is 1.90 bits per heavy atom. The highest BCUT2D eigenvalue weighted by Crippen LogP contribution is 2.17. The molecule has 1 heterocycles. The first-order valence-corrected chi connectivity index (χ1v) is 6.76. The van der Waals surface area contributed by atoms with Crippen LogP contribution in [-0.2, 0) is 9.53 Å². The molecule has 0 bridgehead atoms. The number of benzene rings is 1. The van der Waals surface area contributed by atoms with Gasteiger partial charge in [0, 0.05) is 11.9 Å². The van der Waals surface area contributed by atoms with Crippen molar-refractivity contribution in [2.24, 2.45) is 0 Å². The predicted molar refractivity (Wildman–Crippen MR) is 80.2 cm³/mol. The number of hydrogen-bond donors (Lipinski definition) is 2. The Balaban J connectivity index is 1.83. The maximum absolute atomic E-state index is 11.7. The molecule has 110 valence electrons. The van der Waals surface area contributed by atoms with Crippen LogP contribution in [-0.4, -0.2) is 23.5 Å². The van der Waals surface area contributed by atoms with Crippen LogP contribution in [0.1, 0.15) is 35.8 Å². The van der Waals surface area contributed by atoms with Gasteiger partial charge in [-0.15, -0.1) is 0 Å². The van der Waals surface area contributed by atoms with E-state index in [0.717, 1.165) is 0 Å². The monoisotopic (exact) mass is 286 g/mol. The van der Waals surface area contributed by atoms with E-state index in [1.165, 1.54) is 5.56 Å². The minimum atomic E-state index is -0.551. The summed E-state index contributed by atoms with van der Waals surface area (Å²) in [6, 6.07) is 10.9. The van der Waals surface area contributed by atoms with Gasteiger partial charge in [0.25, 0.3) is 5.91 Å². The molecule has 5 nitrogen and oxygen atoms in total. The lowest BCUT2D eigenvalue weighted by Gasteiger charge is -2.08. The third-order valence-electron chi connectivity index (χ3n) is 3.01. The molecule has 21 heavy (non-hydrogen) atoms. The number of amides is 1. The zero-order valence-corrected chi connectivity index (χ0v) is 12.1. The van der Waals surface area contributed by atoms with E-state index >= 15 is 0 Å². The van der Waals surface area contributed by atoms with Gasteiger partial charge in [-0.3, -0.25) is 4.79 Å². The highest BCUT2D eigenvalue weighted by Gasteiger charge is 2.10. The van der Waals surface area contributed by atoms with Crippen LogP contribution >= 0.6 is 0 Å². The van der Waals surface area contributed by atoms with E-state index in [0.29, 0.717) is 17.3 Å². The fraction of sp³-hybridized carbons (Fsp3) is 0.250. The van der Waals surface area contributed by atoms with Crippen molar-refractivity contribution in [2.45, 2.75) is 19.8 Å². The Morgan fingerprint density at radius 3 is 2.48 bits per heavy atom. The van der Waals surface area contributed by atoms with Gasteiger partial charge in [0.05, 0.1) is 0 Å². The molecule has 0 aliphatic rings. The molecule has 0 saturated heterocycles. The van der Waals surface area contributed by atoms with Crippen LogP contribution < -0.4 is 5.32 Å². The molecular formula is C16H18N2O3. The lowest BCUT2D eigenvalue weighted by molar-refractivity contribution is -0.119. The van der Waals surface area contributed by atoms with Crippen LogP contribution in [0, 0.1) is 0 Å². The Hall–Kier alpha value is -2.56. The molecular weight excluding hydrogens is 268 g/mol. The largest absolute Gasteiger partial charge is 0.451 e. The molecule has 0 fully saturated rings. The average Bonchev–Trinajstić information content (AvgIpc) is 2.99. The van der Waals surface area contributed by atoms with E-state index < -0.39 is 5.97 Å². The molecule has 1 amide bonds. The Labute approximate surface area is 123 Å². The van der Waals surface area contributed by atoms with Gasteiger partial charge in [-0.1, -0.05) is 26.0 Å². The van der Waals surface area contributed by atoms with Crippen molar-refractivity contribution in [2.75, 3.05) is 11.9 Å². The number of esters is 1. The molecule has 0 saturated carbocycles. The van der Waals surface area contributed by atoms with E-state index in [4.69, 9.17) is 4.74 Å². The number of aromatic amines is 1. The van der Waals surface area contributed by atoms with Crippen molar-refractivity contribution in [3.63, 3.8) is 0 Å². The Kier molecular flexibility index (Phi) is 4.77. The van der Waals surface area contributed by atoms with Crippen molar-refractivity contribution in [3.8, 4) is 0 Å². The van der Waals surface area contributed by atoms with Crippen molar-refractivity contribution < 1.29 is 14.3 Å². The third kappa shape index (κ3) is 4.21. The summed E-state index contributed by atoms with van der Waals surface area (Å²) in [7, 11) is 0. The van der Waals surface area contributed by atoms with Crippen LogP contribution in [0.5, 0.6) is 0 Å². The Bertz CT molecular complexity index is 601. The number of hydrogen-bond acceptors (Lipinski definition) is 3. The number of rotatable bonds is 5. The Morgan fingerprint density at radius 1 is 1.19 bits per heavy atom. The summed E-state index contributed by atoms with van der Waals surface area (Å²) in [4.78, 5) is 26.0. The van der Waals surface area contributed by atoms with Gasteiger partial charge in [-0.2, -0.15) is 0 Å². The molecule has 0 radical (unpaired) electrons. The number of carbonyl (C=O) groups is 2. The van der Waals surface area contributed by atoms with Gasteiger partial charge >= 0.3 is 5.97 Å². The summed E-state index contributed by atoms with van der Waals surface area (Å²) in [5.41, 5.74) is 2.20. The second kappa shape index (κ2) is 6.74. The predicted octanol–water partition coefficient (Wildman–Crippen LogP) is 2.93. The SMILES string of the molecule is CC(C)c1ccc(NC(=O)COC(=O)c2ccc[nH]2)cc1. The highest BCUT2D eigenvalue weighted by molar-refractivity contribution is 5.94. The molecule has 0 unspecified atom stereocenters. The van der Waals surface area contributed by atoms with Gasteiger partial charge < -0.3 is 15.0 Å². The topological polar surface area (TPSA) is 71.2 Å². The fourth-order valence-corrected chi connectivity index (χ4v) is 1.81. The number of H-pyrrole nitrogens is 1. The lowest BCUT2D eigenvalue weighted by atomic mass is 10.0. The van der Waals surface area contributed by atoms with Crippen molar-refractivity contribution in [3.05, 3.63) is 53.9 Å². The average molecular weight is 286 g/mol. The zero-order valence-electron chi connectivity index (χ0n) is 12.1. The molecule has 2 rings (SSSR count). The van der Waals surface area contributed by atoms with Gasteiger partial charge in [-0.05, 0) is 35.7 Å². The molecule has 0 spiro atoms. The molecule has 0 aliphatic carbocycles. The molecule has 1 aromatic heterocycles. The van der Waals surface area contributed by atoms with E-state index in [9.17, 15) is 9.59 Å². The maximum atomic E-state index is 11.7.